The summed E-state index contributed by atoms with van der Waals surface area (Å²) >= 11 is 0. The van der Waals surface area contributed by atoms with E-state index < -0.39 is 9.73 Å². The molecule has 0 aliphatic carbocycles. The second-order valence-electron chi connectivity index (χ2n) is 2.44. The lowest BCUT2D eigenvalue weighted by Gasteiger charge is -2.01. The highest BCUT2D eigenvalue weighted by Crippen LogP contribution is 2.11. The standard InChI is InChI=1S/C8H10FNOS/c1-10-12(2,11)8-5-3-4-7(9)6-8/h3-6H,1-2H3. The minimum atomic E-state index is -2.39. The molecule has 1 aromatic rings. The molecule has 1 atom stereocenters. The Morgan fingerprint density at radius 1 is 1.50 bits per heavy atom. The van der Waals surface area contributed by atoms with Gasteiger partial charge in [-0.15, -0.1) is 0 Å². The van der Waals surface area contributed by atoms with E-state index in [0.717, 1.165) is 0 Å². The van der Waals surface area contributed by atoms with E-state index in [-0.39, 0.29) is 5.82 Å². The Kier molecular flexibility index (Phi) is 2.47. The van der Waals surface area contributed by atoms with Gasteiger partial charge in [-0.1, -0.05) is 6.07 Å². The molecule has 0 spiro atoms. The molecule has 1 aromatic carbocycles. The number of rotatable bonds is 1. The van der Waals surface area contributed by atoms with Crippen molar-refractivity contribution in [2.24, 2.45) is 4.36 Å². The smallest absolute Gasteiger partial charge is 0.124 e. The predicted molar refractivity (Wildman–Crippen MR) is 47.1 cm³/mol. The average molecular weight is 187 g/mol. The Balaban J connectivity index is 3.31. The maximum Gasteiger partial charge on any atom is 0.124 e. The van der Waals surface area contributed by atoms with Crippen molar-refractivity contribution in [1.82, 2.24) is 0 Å². The van der Waals surface area contributed by atoms with Crippen LogP contribution in [0.25, 0.3) is 0 Å². The van der Waals surface area contributed by atoms with Gasteiger partial charge in [0.25, 0.3) is 0 Å². The molecule has 0 aliphatic rings. The summed E-state index contributed by atoms with van der Waals surface area (Å²) < 4.78 is 27.9. The summed E-state index contributed by atoms with van der Waals surface area (Å²) in [5, 5.41) is 0. The van der Waals surface area contributed by atoms with Gasteiger partial charge in [0.1, 0.15) is 5.82 Å². The SMILES string of the molecule is CN=S(C)(=O)c1cccc(F)c1. The van der Waals surface area contributed by atoms with E-state index in [2.05, 4.69) is 4.36 Å². The van der Waals surface area contributed by atoms with Crippen molar-refractivity contribution in [2.75, 3.05) is 13.3 Å². The normalized spacial score (nSPS) is 15.2. The first kappa shape index (κ1) is 9.19. The van der Waals surface area contributed by atoms with Crippen LogP contribution in [0, 0.1) is 5.82 Å². The Bertz CT molecular complexity index is 394. The van der Waals surface area contributed by atoms with Gasteiger partial charge in [-0.05, 0) is 18.2 Å². The molecule has 0 radical (unpaired) electrons. The predicted octanol–water partition coefficient (Wildman–Crippen LogP) is 1.91. The van der Waals surface area contributed by atoms with E-state index in [0.29, 0.717) is 4.90 Å². The number of benzene rings is 1. The van der Waals surface area contributed by atoms with E-state index in [1.807, 2.05) is 0 Å². The summed E-state index contributed by atoms with van der Waals surface area (Å²) in [5.41, 5.74) is 0. The fourth-order valence-corrected chi connectivity index (χ4v) is 1.68. The fourth-order valence-electron chi connectivity index (χ4n) is 0.808. The largest absolute Gasteiger partial charge is 0.245 e. The van der Waals surface area contributed by atoms with Crippen molar-refractivity contribution in [3.05, 3.63) is 30.1 Å². The third-order valence-electron chi connectivity index (χ3n) is 1.58. The lowest BCUT2D eigenvalue weighted by atomic mass is 10.4. The van der Waals surface area contributed by atoms with Crippen LogP contribution < -0.4 is 0 Å². The number of halogens is 1. The first-order valence-corrected chi connectivity index (χ1v) is 5.34. The molecule has 0 saturated heterocycles. The Hall–Kier alpha value is -0.900. The van der Waals surface area contributed by atoms with Crippen LogP contribution in [0.2, 0.25) is 0 Å². The van der Waals surface area contributed by atoms with Crippen molar-refractivity contribution < 1.29 is 8.60 Å². The van der Waals surface area contributed by atoms with Crippen LogP contribution in [0.1, 0.15) is 0 Å². The van der Waals surface area contributed by atoms with Crippen LogP contribution in [0.15, 0.2) is 33.5 Å². The van der Waals surface area contributed by atoms with Gasteiger partial charge in [0.2, 0.25) is 0 Å². The highest BCUT2D eigenvalue weighted by molar-refractivity contribution is 7.93. The van der Waals surface area contributed by atoms with Gasteiger partial charge in [0.05, 0.1) is 14.6 Å². The molecule has 1 unspecified atom stereocenters. The Labute approximate surface area is 71.6 Å². The van der Waals surface area contributed by atoms with Gasteiger partial charge in [0.15, 0.2) is 0 Å². The van der Waals surface area contributed by atoms with E-state index in [1.54, 1.807) is 6.07 Å². The first-order valence-electron chi connectivity index (χ1n) is 3.42. The van der Waals surface area contributed by atoms with E-state index >= 15 is 0 Å². The molecule has 0 aliphatic heterocycles. The van der Waals surface area contributed by atoms with Gasteiger partial charge in [-0.2, -0.15) is 0 Å². The van der Waals surface area contributed by atoms with E-state index in [9.17, 15) is 8.60 Å². The molecule has 0 N–H and O–H groups in total. The molecular formula is C8H10FNOS. The van der Waals surface area contributed by atoms with Gasteiger partial charge in [-0.25, -0.2) is 13.0 Å². The summed E-state index contributed by atoms with van der Waals surface area (Å²) in [7, 11) is -0.920. The van der Waals surface area contributed by atoms with Crippen molar-refractivity contribution in [2.45, 2.75) is 4.90 Å². The van der Waals surface area contributed by atoms with Crippen LogP contribution >= 0.6 is 0 Å². The van der Waals surface area contributed by atoms with Gasteiger partial charge in [-0.3, -0.25) is 0 Å². The summed E-state index contributed by atoms with van der Waals surface area (Å²) in [6, 6.07) is 5.70. The molecule has 0 saturated carbocycles. The maximum atomic E-state index is 12.7. The van der Waals surface area contributed by atoms with Crippen molar-refractivity contribution >= 4 is 9.73 Å². The first-order chi connectivity index (χ1) is 5.56. The summed E-state index contributed by atoms with van der Waals surface area (Å²) in [6.45, 7) is 0. The molecule has 4 heteroatoms. The topological polar surface area (TPSA) is 29.4 Å². The molecule has 1 rings (SSSR count). The van der Waals surface area contributed by atoms with Crippen LogP contribution in [-0.2, 0) is 9.73 Å². The average Bonchev–Trinajstić information content (AvgIpc) is 2.05. The summed E-state index contributed by atoms with van der Waals surface area (Å²) in [5.74, 6) is -0.384. The second-order valence-corrected chi connectivity index (χ2v) is 4.88. The van der Waals surface area contributed by atoms with Crippen molar-refractivity contribution in [3.8, 4) is 0 Å². The Morgan fingerprint density at radius 3 is 2.67 bits per heavy atom. The van der Waals surface area contributed by atoms with Crippen LogP contribution in [0.3, 0.4) is 0 Å². The number of nitrogens with zero attached hydrogens (tertiary/aromatic N) is 1. The number of hydrogen-bond acceptors (Lipinski definition) is 2. The van der Waals surface area contributed by atoms with Crippen LogP contribution in [0.5, 0.6) is 0 Å². The van der Waals surface area contributed by atoms with E-state index in [4.69, 9.17) is 0 Å². The molecule has 0 aromatic heterocycles. The minimum absolute atomic E-state index is 0.384. The zero-order valence-corrected chi connectivity index (χ0v) is 7.77. The number of hydrogen-bond donors (Lipinski definition) is 0. The molecule has 0 amide bonds. The zero-order chi connectivity index (χ0) is 9.19. The van der Waals surface area contributed by atoms with Crippen molar-refractivity contribution in [1.29, 1.82) is 0 Å². The molecular weight excluding hydrogens is 177 g/mol. The lowest BCUT2D eigenvalue weighted by Crippen LogP contribution is -1.96. The van der Waals surface area contributed by atoms with Gasteiger partial charge in [0, 0.05) is 13.3 Å². The Morgan fingerprint density at radius 2 is 2.17 bits per heavy atom. The molecule has 0 bridgehead atoms. The molecule has 0 fully saturated rings. The minimum Gasteiger partial charge on any atom is -0.245 e. The van der Waals surface area contributed by atoms with Crippen LogP contribution in [-0.4, -0.2) is 17.5 Å². The third-order valence-corrected chi connectivity index (χ3v) is 3.41. The highest BCUT2D eigenvalue weighted by Gasteiger charge is 2.04. The molecule has 0 heterocycles. The van der Waals surface area contributed by atoms with Gasteiger partial charge < -0.3 is 0 Å². The fraction of sp³-hybridized carbons (Fsp3) is 0.250. The molecule has 66 valence electrons. The molecule has 2 nitrogen and oxygen atoms in total. The van der Waals surface area contributed by atoms with Crippen molar-refractivity contribution in [3.63, 3.8) is 0 Å². The monoisotopic (exact) mass is 187 g/mol. The highest BCUT2D eigenvalue weighted by atomic mass is 32.2. The summed E-state index contributed by atoms with van der Waals surface area (Å²) in [4.78, 5) is 0.435. The second kappa shape index (κ2) is 3.23. The third kappa shape index (κ3) is 1.82. The van der Waals surface area contributed by atoms with Gasteiger partial charge >= 0.3 is 0 Å². The summed E-state index contributed by atoms with van der Waals surface area (Å²) in [6.07, 6.45) is 1.49. The zero-order valence-electron chi connectivity index (χ0n) is 6.95. The molecule has 12 heavy (non-hydrogen) atoms. The van der Waals surface area contributed by atoms with E-state index in [1.165, 1.54) is 31.5 Å². The quantitative estimate of drug-likeness (QED) is 0.660. The lowest BCUT2D eigenvalue weighted by molar-refractivity contribution is 0.622. The maximum absolute atomic E-state index is 12.7. The van der Waals surface area contributed by atoms with Crippen LogP contribution in [0.4, 0.5) is 4.39 Å².